The lowest BCUT2D eigenvalue weighted by molar-refractivity contribution is 0.165. The summed E-state index contributed by atoms with van der Waals surface area (Å²) in [5.74, 6) is 0.839. The van der Waals surface area contributed by atoms with E-state index in [0.29, 0.717) is 0 Å². The molecule has 0 aromatic rings. The molecule has 2 aliphatic rings. The molecular weight excluding hydrogens is 212 g/mol. The van der Waals surface area contributed by atoms with Crippen molar-refractivity contribution in [2.75, 3.05) is 39.4 Å². The van der Waals surface area contributed by atoms with Gasteiger partial charge in [-0.3, -0.25) is 0 Å². The van der Waals surface area contributed by atoms with E-state index in [-0.39, 0.29) is 0 Å². The fraction of sp³-hybridized carbons (Fsp3) is 1.00. The van der Waals surface area contributed by atoms with Crippen molar-refractivity contribution in [3.63, 3.8) is 0 Å². The maximum Gasteiger partial charge on any atom is 0.0495 e. The van der Waals surface area contributed by atoms with Crippen LogP contribution in [0.15, 0.2) is 0 Å². The highest BCUT2D eigenvalue weighted by Crippen LogP contribution is 2.18. The Kier molecular flexibility index (Phi) is 5.75. The minimum atomic E-state index is 0.779. The van der Waals surface area contributed by atoms with E-state index in [9.17, 15) is 0 Å². The van der Waals surface area contributed by atoms with Gasteiger partial charge in [-0.25, -0.2) is 0 Å². The molecule has 100 valence electrons. The third kappa shape index (κ3) is 4.57. The van der Waals surface area contributed by atoms with E-state index in [4.69, 9.17) is 4.74 Å². The Morgan fingerprint density at radius 3 is 2.71 bits per heavy atom. The predicted molar refractivity (Wildman–Crippen MR) is 71.3 cm³/mol. The highest BCUT2D eigenvalue weighted by Gasteiger charge is 2.20. The van der Waals surface area contributed by atoms with Gasteiger partial charge in [-0.15, -0.1) is 0 Å². The van der Waals surface area contributed by atoms with Crippen LogP contribution in [0.25, 0.3) is 0 Å². The molecule has 2 fully saturated rings. The van der Waals surface area contributed by atoms with Gasteiger partial charge in [-0.2, -0.15) is 0 Å². The van der Waals surface area contributed by atoms with Crippen molar-refractivity contribution in [1.82, 2.24) is 10.2 Å². The molecule has 0 radical (unpaired) electrons. The Labute approximate surface area is 106 Å². The van der Waals surface area contributed by atoms with Gasteiger partial charge in [0.25, 0.3) is 0 Å². The summed E-state index contributed by atoms with van der Waals surface area (Å²) in [6.45, 7) is 9.29. The number of piperidine rings is 1. The first-order valence-electron chi connectivity index (χ1n) is 7.42. The van der Waals surface area contributed by atoms with E-state index in [0.717, 1.165) is 25.2 Å². The molecule has 2 aliphatic heterocycles. The number of nitrogens with zero attached hydrogens (tertiary/aromatic N) is 1. The molecule has 0 amide bonds. The second kappa shape index (κ2) is 7.34. The second-order valence-electron chi connectivity index (χ2n) is 5.59. The molecule has 2 rings (SSSR count). The molecule has 1 N–H and O–H groups in total. The zero-order valence-electron chi connectivity index (χ0n) is 11.3. The molecule has 1 unspecified atom stereocenters. The summed E-state index contributed by atoms with van der Waals surface area (Å²) in [5.41, 5.74) is 0. The van der Waals surface area contributed by atoms with Crippen LogP contribution in [0.5, 0.6) is 0 Å². The van der Waals surface area contributed by atoms with Crippen LogP contribution >= 0.6 is 0 Å². The average molecular weight is 240 g/mol. The van der Waals surface area contributed by atoms with E-state index in [1.54, 1.807) is 0 Å². The van der Waals surface area contributed by atoms with Crippen molar-refractivity contribution in [2.45, 2.75) is 45.1 Å². The minimum absolute atomic E-state index is 0.779. The van der Waals surface area contributed by atoms with Crippen LogP contribution in [0.4, 0.5) is 0 Å². The summed E-state index contributed by atoms with van der Waals surface area (Å²) in [6, 6.07) is 0.779. The fourth-order valence-electron chi connectivity index (χ4n) is 2.89. The zero-order chi connectivity index (χ0) is 11.9. The smallest absolute Gasteiger partial charge is 0.0495 e. The monoisotopic (exact) mass is 240 g/mol. The molecule has 2 saturated heterocycles. The highest BCUT2D eigenvalue weighted by atomic mass is 16.5. The van der Waals surface area contributed by atoms with Crippen molar-refractivity contribution in [3.05, 3.63) is 0 Å². The maximum atomic E-state index is 5.43. The first kappa shape index (κ1) is 13.3. The molecule has 0 bridgehead atoms. The summed E-state index contributed by atoms with van der Waals surface area (Å²) in [6.07, 6.45) is 6.55. The third-order valence-corrected chi connectivity index (χ3v) is 4.15. The normalized spacial score (nSPS) is 27.7. The molecule has 3 heteroatoms. The largest absolute Gasteiger partial charge is 0.381 e. The van der Waals surface area contributed by atoms with Crippen molar-refractivity contribution in [1.29, 1.82) is 0 Å². The van der Waals surface area contributed by atoms with E-state index in [1.807, 2.05) is 0 Å². The predicted octanol–water partition coefficient (Wildman–Crippen LogP) is 1.88. The van der Waals surface area contributed by atoms with Crippen molar-refractivity contribution < 1.29 is 4.74 Å². The van der Waals surface area contributed by atoms with E-state index < -0.39 is 0 Å². The Hall–Kier alpha value is -0.120. The topological polar surface area (TPSA) is 24.5 Å². The van der Waals surface area contributed by atoms with E-state index in [1.165, 1.54) is 58.3 Å². The molecule has 3 nitrogen and oxygen atoms in total. The molecular formula is C14H28N2O. The molecule has 0 aliphatic carbocycles. The lowest BCUT2D eigenvalue weighted by Gasteiger charge is -2.32. The first-order chi connectivity index (χ1) is 8.38. The van der Waals surface area contributed by atoms with Crippen LogP contribution in [0.2, 0.25) is 0 Å². The van der Waals surface area contributed by atoms with Gasteiger partial charge in [-0.1, -0.05) is 6.92 Å². The van der Waals surface area contributed by atoms with Crippen LogP contribution in [0.1, 0.15) is 39.0 Å². The Balaban J connectivity index is 1.55. The summed E-state index contributed by atoms with van der Waals surface area (Å²) in [5, 5.41) is 3.64. The summed E-state index contributed by atoms with van der Waals surface area (Å²) < 4.78 is 5.43. The maximum absolute atomic E-state index is 5.43. The van der Waals surface area contributed by atoms with Gasteiger partial charge in [0.15, 0.2) is 0 Å². The van der Waals surface area contributed by atoms with Gasteiger partial charge in [0, 0.05) is 19.3 Å². The van der Waals surface area contributed by atoms with Crippen molar-refractivity contribution in [2.24, 2.45) is 5.92 Å². The summed E-state index contributed by atoms with van der Waals surface area (Å²) >= 11 is 0. The van der Waals surface area contributed by atoms with Crippen LogP contribution in [0.3, 0.4) is 0 Å². The van der Waals surface area contributed by atoms with Crippen LogP contribution < -0.4 is 5.32 Å². The average Bonchev–Trinajstić information content (AvgIpc) is 2.88. The first-order valence-corrected chi connectivity index (χ1v) is 7.42. The van der Waals surface area contributed by atoms with Gasteiger partial charge >= 0.3 is 0 Å². The molecule has 2 heterocycles. The Bertz CT molecular complexity index is 196. The lowest BCUT2D eigenvalue weighted by atomic mass is 10.0. The van der Waals surface area contributed by atoms with Crippen LogP contribution in [0, 0.1) is 5.92 Å². The van der Waals surface area contributed by atoms with Gasteiger partial charge in [0.05, 0.1) is 0 Å². The van der Waals surface area contributed by atoms with E-state index in [2.05, 4.69) is 17.1 Å². The number of hydrogen-bond acceptors (Lipinski definition) is 3. The highest BCUT2D eigenvalue weighted by molar-refractivity contribution is 4.77. The summed E-state index contributed by atoms with van der Waals surface area (Å²) in [4.78, 5) is 2.64. The van der Waals surface area contributed by atoms with Crippen molar-refractivity contribution >= 4 is 0 Å². The summed E-state index contributed by atoms with van der Waals surface area (Å²) in [7, 11) is 0. The Morgan fingerprint density at radius 1 is 1.24 bits per heavy atom. The zero-order valence-corrected chi connectivity index (χ0v) is 11.3. The second-order valence-corrected chi connectivity index (χ2v) is 5.59. The number of hydrogen-bond donors (Lipinski definition) is 1. The molecule has 0 aromatic carbocycles. The molecule has 0 aromatic heterocycles. The van der Waals surface area contributed by atoms with Gasteiger partial charge in [0.2, 0.25) is 0 Å². The number of ether oxygens (including phenoxy) is 1. The third-order valence-electron chi connectivity index (χ3n) is 4.15. The van der Waals surface area contributed by atoms with Crippen molar-refractivity contribution in [3.8, 4) is 0 Å². The Morgan fingerprint density at radius 2 is 2.06 bits per heavy atom. The number of likely N-dealkylation sites (tertiary alicyclic amines) is 1. The SMILES string of the molecule is CCCNC1CCN(CCC2CCOC2)CC1. The number of rotatable bonds is 6. The van der Waals surface area contributed by atoms with E-state index >= 15 is 0 Å². The number of nitrogens with one attached hydrogen (secondary N) is 1. The molecule has 0 spiro atoms. The molecule has 1 atom stereocenters. The minimum Gasteiger partial charge on any atom is -0.381 e. The van der Waals surface area contributed by atoms with Crippen LogP contribution in [-0.2, 0) is 4.74 Å². The quantitative estimate of drug-likeness (QED) is 0.767. The van der Waals surface area contributed by atoms with Gasteiger partial charge in [0.1, 0.15) is 0 Å². The van der Waals surface area contributed by atoms with Crippen LogP contribution in [-0.4, -0.2) is 50.3 Å². The molecule has 0 saturated carbocycles. The standard InChI is InChI=1S/C14H28N2O/c1-2-7-15-14-4-9-16(10-5-14)8-3-13-6-11-17-12-13/h13-15H,2-12H2,1H3. The lowest BCUT2D eigenvalue weighted by Crippen LogP contribution is -2.43. The fourth-order valence-corrected chi connectivity index (χ4v) is 2.89. The molecule has 17 heavy (non-hydrogen) atoms. The van der Waals surface area contributed by atoms with Gasteiger partial charge in [-0.05, 0) is 64.2 Å². The van der Waals surface area contributed by atoms with Gasteiger partial charge < -0.3 is 15.0 Å².